The largest absolute Gasteiger partial charge is 0.480 e. The van der Waals surface area contributed by atoms with Crippen molar-refractivity contribution in [2.45, 2.75) is 0 Å². The molecule has 1 fully saturated rings. The first kappa shape index (κ1) is 13.0. The third kappa shape index (κ3) is 3.08. The Morgan fingerprint density at radius 2 is 2.06 bits per heavy atom. The number of nitrogen functional groups attached to an aromatic ring is 1. The van der Waals surface area contributed by atoms with Crippen LogP contribution in [-0.4, -0.2) is 58.9 Å². The molecule has 98 valence electrons. The summed E-state index contributed by atoms with van der Waals surface area (Å²) in [5, 5.41) is 16.4. The van der Waals surface area contributed by atoms with Crippen LogP contribution in [0.15, 0.2) is 10.7 Å². The molecule has 3 N–H and O–H groups in total. The summed E-state index contributed by atoms with van der Waals surface area (Å²) in [5.74, 6) is -0.402. The lowest BCUT2D eigenvalue weighted by Gasteiger charge is -2.35. The van der Waals surface area contributed by atoms with Crippen molar-refractivity contribution in [1.29, 1.82) is 0 Å². The lowest BCUT2D eigenvalue weighted by atomic mass is 10.2. The minimum Gasteiger partial charge on any atom is -0.480 e. The molecule has 0 bridgehead atoms. The van der Waals surface area contributed by atoms with Crippen LogP contribution in [0.3, 0.4) is 0 Å². The molecule has 0 atom stereocenters. The Morgan fingerprint density at radius 1 is 1.39 bits per heavy atom. The quantitative estimate of drug-likeness (QED) is 0.812. The highest BCUT2D eigenvalue weighted by Gasteiger charge is 2.20. The van der Waals surface area contributed by atoms with Crippen LogP contribution in [0.1, 0.15) is 0 Å². The lowest BCUT2D eigenvalue weighted by Crippen LogP contribution is -2.48. The van der Waals surface area contributed by atoms with Crippen molar-refractivity contribution >= 4 is 33.4 Å². The van der Waals surface area contributed by atoms with Gasteiger partial charge in [0.15, 0.2) is 5.82 Å². The van der Waals surface area contributed by atoms with Gasteiger partial charge in [0.2, 0.25) is 0 Å². The number of carbonyl (C=O) groups is 1. The van der Waals surface area contributed by atoms with E-state index in [0.29, 0.717) is 23.5 Å². The van der Waals surface area contributed by atoms with Gasteiger partial charge >= 0.3 is 5.97 Å². The zero-order valence-electron chi connectivity index (χ0n) is 9.71. The molecule has 1 aliphatic heterocycles. The molecule has 1 aliphatic rings. The van der Waals surface area contributed by atoms with Gasteiger partial charge in [-0.1, -0.05) is 0 Å². The topological polar surface area (TPSA) is 95.6 Å². The van der Waals surface area contributed by atoms with E-state index in [1.165, 1.54) is 0 Å². The predicted molar refractivity (Wildman–Crippen MR) is 70.4 cm³/mol. The molecule has 0 amide bonds. The van der Waals surface area contributed by atoms with E-state index in [1.54, 1.807) is 0 Å². The number of hydrogen-bond donors (Lipinski definition) is 2. The average Bonchev–Trinajstić information content (AvgIpc) is 2.33. The summed E-state index contributed by atoms with van der Waals surface area (Å²) >= 11 is 3.26. The summed E-state index contributed by atoms with van der Waals surface area (Å²) in [5.41, 5.74) is 6.63. The Hall–Kier alpha value is -1.41. The fraction of sp³-hybridized carbons (Fsp3) is 0.500. The number of aromatic nitrogens is 2. The van der Waals surface area contributed by atoms with Gasteiger partial charge in [-0.2, -0.15) is 0 Å². The van der Waals surface area contributed by atoms with Crippen LogP contribution in [0.2, 0.25) is 0 Å². The first-order valence-electron chi connectivity index (χ1n) is 5.54. The summed E-state index contributed by atoms with van der Waals surface area (Å²) in [6.45, 7) is 2.95. The molecule has 7 nitrogen and oxygen atoms in total. The monoisotopic (exact) mass is 315 g/mol. The molecule has 2 heterocycles. The molecule has 0 radical (unpaired) electrons. The summed E-state index contributed by atoms with van der Waals surface area (Å²) in [7, 11) is 0. The van der Waals surface area contributed by atoms with Gasteiger partial charge in [-0.15, -0.1) is 10.2 Å². The van der Waals surface area contributed by atoms with Crippen molar-refractivity contribution in [3.8, 4) is 0 Å². The number of anilines is 2. The SMILES string of the molecule is Nc1nnc(Br)cc1N1CCN(CC(=O)O)CC1. The Bertz CT molecular complexity index is 448. The molecule has 8 heteroatoms. The molecule has 2 rings (SSSR count). The molecule has 1 aromatic rings. The standard InChI is InChI=1S/C10H14BrN5O2/c11-8-5-7(10(12)14-13-8)16-3-1-15(2-4-16)6-9(17)18/h5H,1-4,6H2,(H2,12,14)(H,17,18). The number of halogens is 1. The summed E-state index contributed by atoms with van der Waals surface area (Å²) < 4.78 is 0.639. The van der Waals surface area contributed by atoms with Gasteiger partial charge in [-0.3, -0.25) is 9.69 Å². The number of carboxylic acid groups (broad SMARTS) is 1. The van der Waals surface area contributed by atoms with Crippen molar-refractivity contribution < 1.29 is 9.90 Å². The second kappa shape index (κ2) is 5.49. The van der Waals surface area contributed by atoms with E-state index in [4.69, 9.17) is 10.8 Å². The second-order valence-electron chi connectivity index (χ2n) is 4.09. The van der Waals surface area contributed by atoms with Gasteiger partial charge in [0.05, 0.1) is 12.2 Å². The highest BCUT2D eigenvalue weighted by molar-refractivity contribution is 9.10. The zero-order valence-corrected chi connectivity index (χ0v) is 11.3. The number of carboxylic acids is 1. The molecule has 0 saturated carbocycles. The summed E-state index contributed by atoms with van der Waals surface area (Å²) in [4.78, 5) is 14.6. The van der Waals surface area contributed by atoms with Crippen LogP contribution in [0.25, 0.3) is 0 Å². The number of piperazine rings is 1. The van der Waals surface area contributed by atoms with Gasteiger partial charge in [0.25, 0.3) is 0 Å². The van der Waals surface area contributed by atoms with E-state index in [2.05, 4.69) is 31.0 Å². The Balaban J connectivity index is 2.01. The van der Waals surface area contributed by atoms with Crippen molar-refractivity contribution in [3.63, 3.8) is 0 Å². The van der Waals surface area contributed by atoms with Crippen molar-refractivity contribution in [2.75, 3.05) is 43.4 Å². The highest BCUT2D eigenvalue weighted by Crippen LogP contribution is 2.24. The summed E-state index contributed by atoms with van der Waals surface area (Å²) in [6, 6.07) is 1.83. The molecule has 0 aromatic carbocycles. The number of nitrogens with zero attached hydrogens (tertiary/aromatic N) is 4. The van der Waals surface area contributed by atoms with E-state index in [1.807, 2.05) is 11.0 Å². The van der Waals surface area contributed by atoms with E-state index in [0.717, 1.165) is 18.8 Å². The van der Waals surface area contributed by atoms with Crippen molar-refractivity contribution in [2.24, 2.45) is 0 Å². The molecule has 0 spiro atoms. The number of rotatable bonds is 3. The second-order valence-corrected chi connectivity index (χ2v) is 4.91. The van der Waals surface area contributed by atoms with Crippen molar-refractivity contribution in [3.05, 3.63) is 10.7 Å². The van der Waals surface area contributed by atoms with Gasteiger partial charge in [-0.25, -0.2) is 0 Å². The number of nitrogens with two attached hydrogens (primary N) is 1. The molecule has 0 aliphatic carbocycles. The number of hydrogen-bond acceptors (Lipinski definition) is 6. The van der Waals surface area contributed by atoms with Crippen LogP contribution in [0.4, 0.5) is 11.5 Å². The zero-order chi connectivity index (χ0) is 13.1. The van der Waals surface area contributed by atoms with Gasteiger partial charge in [0.1, 0.15) is 4.60 Å². The maximum absolute atomic E-state index is 10.6. The van der Waals surface area contributed by atoms with Crippen LogP contribution in [-0.2, 0) is 4.79 Å². The van der Waals surface area contributed by atoms with Gasteiger partial charge in [0, 0.05) is 26.2 Å². The fourth-order valence-corrected chi connectivity index (χ4v) is 2.26. The van der Waals surface area contributed by atoms with Gasteiger partial charge < -0.3 is 15.7 Å². The lowest BCUT2D eigenvalue weighted by molar-refractivity contribution is -0.138. The molecule has 1 aromatic heterocycles. The third-order valence-corrected chi connectivity index (χ3v) is 3.23. The van der Waals surface area contributed by atoms with Crippen LogP contribution in [0.5, 0.6) is 0 Å². The molecule has 1 saturated heterocycles. The Kier molecular flexibility index (Phi) is 3.97. The Labute approximate surface area is 113 Å². The molecule has 0 unspecified atom stereocenters. The maximum Gasteiger partial charge on any atom is 0.317 e. The van der Waals surface area contributed by atoms with Crippen molar-refractivity contribution in [1.82, 2.24) is 15.1 Å². The van der Waals surface area contributed by atoms with E-state index in [9.17, 15) is 4.79 Å². The molecular formula is C10H14BrN5O2. The maximum atomic E-state index is 10.6. The minimum atomic E-state index is -0.795. The minimum absolute atomic E-state index is 0.0849. The van der Waals surface area contributed by atoms with Crippen LogP contribution < -0.4 is 10.6 Å². The van der Waals surface area contributed by atoms with Crippen LogP contribution >= 0.6 is 15.9 Å². The Morgan fingerprint density at radius 3 is 2.67 bits per heavy atom. The average molecular weight is 316 g/mol. The highest BCUT2D eigenvalue weighted by atomic mass is 79.9. The molecule has 18 heavy (non-hydrogen) atoms. The first-order valence-corrected chi connectivity index (χ1v) is 6.33. The summed E-state index contributed by atoms with van der Waals surface area (Å²) in [6.07, 6.45) is 0. The fourth-order valence-electron chi connectivity index (χ4n) is 1.96. The van der Waals surface area contributed by atoms with E-state index < -0.39 is 5.97 Å². The predicted octanol–water partition coefficient (Wildman–Crippen LogP) is 0.0279. The third-order valence-electron chi connectivity index (χ3n) is 2.84. The normalized spacial score (nSPS) is 16.8. The number of aliphatic carboxylic acids is 1. The van der Waals surface area contributed by atoms with E-state index >= 15 is 0 Å². The van der Waals surface area contributed by atoms with Crippen LogP contribution in [0, 0.1) is 0 Å². The first-order chi connectivity index (χ1) is 8.56. The smallest absolute Gasteiger partial charge is 0.317 e. The molecular weight excluding hydrogens is 302 g/mol. The van der Waals surface area contributed by atoms with Gasteiger partial charge in [-0.05, 0) is 22.0 Å². The van der Waals surface area contributed by atoms with E-state index in [-0.39, 0.29) is 6.54 Å².